The van der Waals surface area contributed by atoms with Crippen LogP contribution < -0.4 is 14.8 Å². The standard InChI is InChI=1S/C17H18BrNO3/c1-21-15-7-4-8-16(22-2)14(15)9-10-17(20)19-13-6-3-5-12(18)11-13/h3-8,11H,9-10H2,1-2H3,(H,19,20). The number of methoxy groups -OCH3 is 2. The molecule has 0 saturated carbocycles. The zero-order chi connectivity index (χ0) is 15.9. The van der Waals surface area contributed by atoms with Gasteiger partial charge in [-0.3, -0.25) is 4.79 Å². The van der Waals surface area contributed by atoms with Crippen molar-refractivity contribution in [1.29, 1.82) is 0 Å². The lowest BCUT2D eigenvalue weighted by Gasteiger charge is -2.13. The Balaban J connectivity index is 2.02. The Morgan fingerprint density at radius 2 is 1.73 bits per heavy atom. The van der Waals surface area contributed by atoms with Crippen molar-refractivity contribution in [3.8, 4) is 11.5 Å². The molecule has 116 valence electrons. The maximum atomic E-state index is 12.1. The van der Waals surface area contributed by atoms with E-state index in [9.17, 15) is 4.79 Å². The van der Waals surface area contributed by atoms with E-state index in [1.165, 1.54) is 0 Å². The van der Waals surface area contributed by atoms with Gasteiger partial charge < -0.3 is 14.8 Å². The predicted octanol–water partition coefficient (Wildman–Crippen LogP) is 4.04. The minimum atomic E-state index is -0.0499. The Kier molecular flexibility index (Phi) is 5.83. The van der Waals surface area contributed by atoms with Crippen LogP contribution in [0.5, 0.6) is 11.5 Å². The number of hydrogen-bond donors (Lipinski definition) is 1. The van der Waals surface area contributed by atoms with E-state index in [1.807, 2.05) is 42.5 Å². The van der Waals surface area contributed by atoms with Crippen LogP contribution in [0.3, 0.4) is 0 Å². The van der Waals surface area contributed by atoms with Gasteiger partial charge in [-0.05, 0) is 36.8 Å². The van der Waals surface area contributed by atoms with Gasteiger partial charge in [-0.2, -0.15) is 0 Å². The number of rotatable bonds is 6. The fraction of sp³-hybridized carbons (Fsp3) is 0.235. The summed E-state index contributed by atoms with van der Waals surface area (Å²) < 4.78 is 11.6. The normalized spacial score (nSPS) is 10.1. The van der Waals surface area contributed by atoms with Crippen LogP contribution >= 0.6 is 15.9 Å². The Labute approximate surface area is 138 Å². The van der Waals surface area contributed by atoms with Crippen molar-refractivity contribution >= 4 is 27.5 Å². The molecular weight excluding hydrogens is 346 g/mol. The minimum absolute atomic E-state index is 0.0499. The first-order valence-electron chi connectivity index (χ1n) is 6.89. The first-order valence-corrected chi connectivity index (χ1v) is 7.68. The molecule has 0 atom stereocenters. The van der Waals surface area contributed by atoms with Gasteiger partial charge in [-0.25, -0.2) is 0 Å². The summed E-state index contributed by atoms with van der Waals surface area (Å²) in [6.07, 6.45) is 0.899. The summed E-state index contributed by atoms with van der Waals surface area (Å²) in [6.45, 7) is 0. The number of nitrogens with one attached hydrogen (secondary N) is 1. The second-order valence-corrected chi connectivity index (χ2v) is 5.62. The van der Waals surface area contributed by atoms with Gasteiger partial charge in [-0.15, -0.1) is 0 Å². The van der Waals surface area contributed by atoms with Crippen LogP contribution in [0.25, 0.3) is 0 Å². The number of ether oxygens (including phenoxy) is 2. The third kappa shape index (κ3) is 4.24. The third-order valence-corrected chi connectivity index (χ3v) is 3.73. The van der Waals surface area contributed by atoms with E-state index in [0.717, 1.165) is 27.2 Å². The summed E-state index contributed by atoms with van der Waals surface area (Å²) in [7, 11) is 3.22. The second kappa shape index (κ2) is 7.84. The fourth-order valence-electron chi connectivity index (χ4n) is 2.20. The van der Waals surface area contributed by atoms with Crippen LogP contribution in [0.2, 0.25) is 0 Å². The van der Waals surface area contributed by atoms with Crippen LogP contribution in [0.4, 0.5) is 5.69 Å². The van der Waals surface area contributed by atoms with E-state index < -0.39 is 0 Å². The molecule has 1 N–H and O–H groups in total. The van der Waals surface area contributed by atoms with Crippen molar-refractivity contribution < 1.29 is 14.3 Å². The molecule has 2 aromatic carbocycles. The molecule has 0 heterocycles. The minimum Gasteiger partial charge on any atom is -0.496 e. The van der Waals surface area contributed by atoms with E-state index in [-0.39, 0.29) is 5.91 Å². The summed E-state index contributed by atoms with van der Waals surface area (Å²) in [6, 6.07) is 13.1. The lowest BCUT2D eigenvalue weighted by atomic mass is 10.1. The van der Waals surface area contributed by atoms with Crippen LogP contribution in [0, 0.1) is 0 Å². The fourth-order valence-corrected chi connectivity index (χ4v) is 2.60. The maximum absolute atomic E-state index is 12.1. The Morgan fingerprint density at radius 3 is 2.32 bits per heavy atom. The lowest BCUT2D eigenvalue weighted by Crippen LogP contribution is -2.12. The summed E-state index contributed by atoms with van der Waals surface area (Å²) in [5, 5.41) is 2.88. The summed E-state index contributed by atoms with van der Waals surface area (Å²) in [4.78, 5) is 12.1. The molecular formula is C17H18BrNO3. The molecule has 0 fully saturated rings. The highest BCUT2D eigenvalue weighted by molar-refractivity contribution is 9.10. The molecule has 4 nitrogen and oxygen atoms in total. The van der Waals surface area contributed by atoms with E-state index >= 15 is 0 Å². The van der Waals surface area contributed by atoms with Crippen molar-refractivity contribution in [3.05, 3.63) is 52.5 Å². The molecule has 0 saturated heterocycles. The highest BCUT2D eigenvalue weighted by Gasteiger charge is 2.12. The van der Waals surface area contributed by atoms with E-state index in [1.54, 1.807) is 14.2 Å². The van der Waals surface area contributed by atoms with Gasteiger partial charge >= 0.3 is 0 Å². The van der Waals surface area contributed by atoms with Crippen molar-refractivity contribution in [2.24, 2.45) is 0 Å². The van der Waals surface area contributed by atoms with Crippen LogP contribution in [-0.2, 0) is 11.2 Å². The number of amides is 1. The van der Waals surface area contributed by atoms with Crippen molar-refractivity contribution in [2.45, 2.75) is 12.8 Å². The number of anilines is 1. The Hall–Kier alpha value is -2.01. The zero-order valence-electron chi connectivity index (χ0n) is 12.6. The number of carbonyl (C=O) groups is 1. The average molecular weight is 364 g/mol. The highest BCUT2D eigenvalue weighted by Crippen LogP contribution is 2.29. The third-order valence-electron chi connectivity index (χ3n) is 3.24. The Morgan fingerprint density at radius 1 is 1.09 bits per heavy atom. The molecule has 2 aromatic rings. The van der Waals surface area contributed by atoms with Crippen molar-refractivity contribution in [2.75, 3.05) is 19.5 Å². The first kappa shape index (κ1) is 16.4. The van der Waals surface area contributed by atoms with Gasteiger partial charge in [0.25, 0.3) is 0 Å². The monoisotopic (exact) mass is 363 g/mol. The number of carbonyl (C=O) groups excluding carboxylic acids is 1. The average Bonchev–Trinajstić information content (AvgIpc) is 2.52. The molecule has 0 aliphatic carbocycles. The molecule has 0 aromatic heterocycles. The molecule has 0 bridgehead atoms. The van der Waals surface area contributed by atoms with E-state index in [4.69, 9.17) is 9.47 Å². The van der Waals surface area contributed by atoms with Crippen molar-refractivity contribution in [3.63, 3.8) is 0 Å². The lowest BCUT2D eigenvalue weighted by molar-refractivity contribution is -0.116. The van der Waals surface area contributed by atoms with Gasteiger partial charge in [0, 0.05) is 22.1 Å². The van der Waals surface area contributed by atoms with Crippen molar-refractivity contribution in [1.82, 2.24) is 0 Å². The molecule has 0 unspecified atom stereocenters. The molecule has 5 heteroatoms. The summed E-state index contributed by atoms with van der Waals surface area (Å²) >= 11 is 3.38. The number of halogens is 1. The topological polar surface area (TPSA) is 47.6 Å². The van der Waals surface area contributed by atoms with Gasteiger partial charge in [-0.1, -0.05) is 28.1 Å². The van der Waals surface area contributed by atoms with Crippen LogP contribution in [0.15, 0.2) is 46.9 Å². The molecule has 0 radical (unpaired) electrons. The Bertz CT molecular complexity index is 636. The van der Waals surface area contributed by atoms with Crippen LogP contribution in [-0.4, -0.2) is 20.1 Å². The van der Waals surface area contributed by atoms with Gasteiger partial charge in [0.1, 0.15) is 11.5 Å². The largest absolute Gasteiger partial charge is 0.496 e. The number of hydrogen-bond acceptors (Lipinski definition) is 3. The second-order valence-electron chi connectivity index (χ2n) is 4.70. The van der Waals surface area contributed by atoms with Gasteiger partial charge in [0.15, 0.2) is 0 Å². The summed E-state index contributed by atoms with van der Waals surface area (Å²) in [5.41, 5.74) is 1.67. The van der Waals surface area contributed by atoms with Gasteiger partial charge in [0.2, 0.25) is 5.91 Å². The highest BCUT2D eigenvalue weighted by atomic mass is 79.9. The molecule has 0 spiro atoms. The summed E-state index contributed by atoms with van der Waals surface area (Å²) in [5.74, 6) is 1.41. The smallest absolute Gasteiger partial charge is 0.224 e. The zero-order valence-corrected chi connectivity index (χ0v) is 14.1. The molecule has 2 rings (SSSR count). The maximum Gasteiger partial charge on any atom is 0.224 e. The molecule has 1 amide bonds. The molecule has 0 aliphatic rings. The predicted molar refractivity (Wildman–Crippen MR) is 90.6 cm³/mol. The quantitative estimate of drug-likeness (QED) is 0.842. The van der Waals surface area contributed by atoms with Crippen LogP contribution in [0.1, 0.15) is 12.0 Å². The molecule has 0 aliphatic heterocycles. The first-order chi connectivity index (χ1) is 10.6. The van der Waals surface area contributed by atoms with E-state index in [0.29, 0.717) is 12.8 Å². The van der Waals surface area contributed by atoms with Gasteiger partial charge in [0.05, 0.1) is 14.2 Å². The molecule has 22 heavy (non-hydrogen) atoms. The SMILES string of the molecule is COc1cccc(OC)c1CCC(=O)Nc1cccc(Br)c1. The number of benzene rings is 2. The van der Waals surface area contributed by atoms with E-state index in [2.05, 4.69) is 21.2 Å².